The molecule has 6 nitrogen and oxygen atoms in total. The second kappa shape index (κ2) is 9.55. The number of urea groups is 1. The number of hydrogen-bond acceptors (Lipinski definition) is 5. The first-order valence-corrected chi connectivity index (χ1v) is 10.8. The van der Waals surface area contributed by atoms with E-state index in [-0.39, 0.29) is 18.1 Å². The van der Waals surface area contributed by atoms with Crippen LogP contribution in [0.4, 0.5) is 10.5 Å². The van der Waals surface area contributed by atoms with Crippen LogP contribution in [0.5, 0.6) is 0 Å². The molecule has 30 heavy (non-hydrogen) atoms. The highest BCUT2D eigenvalue weighted by Gasteiger charge is 2.22. The zero-order chi connectivity index (χ0) is 21.7. The zero-order valence-electron chi connectivity index (χ0n) is 17.2. The average molecular weight is 445 g/mol. The molecule has 0 radical (unpaired) electrons. The van der Waals surface area contributed by atoms with Gasteiger partial charge in [0, 0.05) is 34.7 Å². The zero-order valence-corrected chi connectivity index (χ0v) is 18.8. The van der Waals surface area contributed by atoms with Gasteiger partial charge in [0.05, 0.1) is 34.0 Å². The van der Waals surface area contributed by atoms with Crippen LogP contribution in [0.15, 0.2) is 42.6 Å². The Labute approximate surface area is 185 Å². The molecule has 0 spiro atoms. The van der Waals surface area contributed by atoms with Gasteiger partial charge < -0.3 is 15.7 Å². The number of aliphatic hydroxyl groups excluding tert-OH is 1. The molecule has 0 aliphatic rings. The minimum Gasteiger partial charge on any atom is -0.396 e. The van der Waals surface area contributed by atoms with Crippen molar-refractivity contribution in [2.45, 2.75) is 39.2 Å². The van der Waals surface area contributed by atoms with E-state index in [9.17, 15) is 4.79 Å². The summed E-state index contributed by atoms with van der Waals surface area (Å²) in [5.41, 5.74) is 3.02. The number of aliphatic hydroxyl groups is 1. The van der Waals surface area contributed by atoms with Crippen molar-refractivity contribution in [3.05, 3.63) is 63.2 Å². The molecule has 0 aliphatic heterocycles. The van der Waals surface area contributed by atoms with E-state index in [2.05, 4.69) is 36.4 Å². The molecule has 0 bridgehead atoms. The number of halogens is 1. The Morgan fingerprint density at radius 3 is 2.67 bits per heavy atom. The Bertz CT molecular complexity index is 1010. The monoisotopic (exact) mass is 444 g/mol. The van der Waals surface area contributed by atoms with Gasteiger partial charge in [-0.05, 0) is 24.3 Å². The first-order valence-electron chi connectivity index (χ1n) is 9.63. The molecule has 2 amide bonds. The molecule has 3 rings (SSSR count). The summed E-state index contributed by atoms with van der Waals surface area (Å²) in [6, 6.07) is 10.8. The Hall–Kier alpha value is -2.48. The highest BCUT2D eigenvalue weighted by Crippen LogP contribution is 2.35. The summed E-state index contributed by atoms with van der Waals surface area (Å²) in [5.74, 6) is 0. The number of carbonyl (C=O) groups excluding carboxylic acids is 1. The van der Waals surface area contributed by atoms with Crippen LogP contribution >= 0.6 is 22.9 Å². The van der Waals surface area contributed by atoms with Gasteiger partial charge in [-0.25, -0.2) is 9.78 Å². The van der Waals surface area contributed by atoms with E-state index in [4.69, 9.17) is 21.7 Å². The first-order chi connectivity index (χ1) is 14.3. The van der Waals surface area contributed by atoms with Crippen LogP contribution in [0.25, 0.3) is 11.3 Å². The number of amides is 2. The normalized spacial score (nSPS) is 11.4. The van der Waals surface area contributed by atoms with Crippen molar-refractivity contribution in [1.82, 2.24) is 15.3 Å². The predicted molar refractivity (Wildman–Crippen MR) is 122 cm³/mol. The summed E-state index contributed by atoms with van der Waals surface area (Å²) in [6.07, 6.45) is 2.06. The number of pyridine rings is 1. The number of nitrogens with one attached hydrogen (secondary N) is 2. The SMILES string of the molecule is CC(C)(C)c1nc(-c2cccc(Cl)c2)c(CNC(=O)Nc2ccc(CCO)nc2)s1. The molecular formula is C22H25ClN4O2S. The van der Waals surface area contributed by atoms with Crippen molar-refractivity contribution in [3.63, 3.8) is 0 Å². The quantitative estimate of drug-likeness (QED) is 0.498. The first kappa shape index (κ1) is 22.2. The van der Waals surface area contributed by atoms with Crippen molar-refractivity contribution in [2.75, 3.05) is 11.9 Å². The molecule has 158 valence electrons. The summed E-state index contributed by atoms with van der Waals surface area (Å²) in [6.45, 7) is 6.74. The minimum absolute atomic E-state index is 0.0423. The number of benzene rings is 1. The lowest BCUT2D eigenvalue weighted by Crippen LogP contribution is -2.28. The van der Waals surface area contributed by atoms with Gasteiger partial charge in [0.25, 0.3) is 0 Å². The van der Waals surface area contributed by atoms with Crippen LogP contribution in [0.2, 0.25) is 5.02 Å². The molecular weight excluding hydrogens is 420 g/mol. The number of aromatic nitrogens is 2. The maximum atomic E-state index is 12.4. The fourth-order valence-electron chi connectivity index (χ4n) is 2.75. The summed E-state index contributed by atoms with van der Waals surface area (Å²) < 4.78 is 0. The third kappa shape index (κ3) is 5.78. The lowest BCUT2D eigenvalue weighted by molar-refractivity contribution is 0.252. The fraction of sp³-hybridized carbons (Fsp3) is 0.318. The largest absolute Gasteiger partial charge is 0.396 e. The summed E-state index contributed by atoms with van der Waals surface area (Å²) in [5, 5.41) is 16.3. The third-order valence-corrected chi connectivity index (χ3v) is 6.01. The van der Waals surface area contributed by atoms with Gasteiger partial charge in [0.1, 0.15) is 0 Å². The Kier molecular flexibility index (Phi) is 7.07. The molecule has 0 aliphatic carbocycles. The molecule has 2 heterocycles. The Balaban J connectivity index is 1.73. The number of hydrogen-bond donors (Lipinski definition) is 3. The highest BCUT2D eigenvalue weighted by atomic mass is 35.5. The van der Waals surface area contributed by atoms with Gasteiger partial charge in [0.2, 0.25) is 0 Å². The molecule has 2 aromatic heterocycles. The highest BCUT2D eigenvalue weighted by molar-refractivity contribution is 7.12. The molecule has 0 unspecified atom stereocenters. The second-order valence-electron chi connectivity index (χ2n) is 7.87. The van der Waals surface area contributed by atoms with E-state index in [1.165, 1.54) is 0 Å². The van der Waals surface area contributed by atoms with E-state index in [0.717, 1.165) is 26.8 Å². The van der Waals surface area contributed by atoms with E-state index >= 15 is 0 Å². The summed E-state index contributed by atoms with van der Waals surface area (Å²) in [4.78, 5) is 22.4. The standard InChI is InChI=1S/C22H25ClN4O2S/c1-22(2,3)20-27-19(14-5-4-6-15(23)11-14)18(30-20)13-25-21(29)26-17-8-7-16(9-10-28)24-12-17/h4-8,11-12,28H,9-10,13H2,1-3H3,(H2,25,26,29). The lowest BCUT2D eigenvalue weighted by atomic mass is 9.98. The maximum absolute atomic E-state index is 12.4. The number of anilines is 1. The fourth-order valence-corrected chi connectivity index (χ4v) is 4.02. The molecule has 0 fully saturated rings. The Morgan fingerprint density at radius 2 is 2.03 bits per heavy atom. The molecule has 0 atom stereocenters. The van der Waals surface area contributed by atoms with Crippen molar-refractivity contribution < 1.29 is 9.90 Å². The van der Waals surface area contributed by atoms with Crippen LogP contribution in [0.3, 0.4) is 0 Å². The lowest BCUT2D eigenvalue weighted by Gasteiger charge is -2.13. The molecule has 3 N–H and O–H groups in total. The molecule has 8 heteroatoms. The van der Waals surface area contributed by atoms with Crippen LogP contribution < -0.4 is 10.6 Å². The van der Waals surface area contributed by atoms with E-state index in [1.807, 2.05) is 24.3 Å². The predicted octanol–water partition coefficient (Wildman–Crippen LogP) is 5.01. The van der Waals surface area contributed by atoms with Gasteiger partial charge in [-0.1, -0.05) is 44.5 Å². The van der Waals surface area contributed by atoms with Crippen LogP contribution in [0.1, 0.15) is 36.3 Å². The summed E-state index contributed by atoms with van der Waals surface area (Å²) in [7, 11) is 0. The average Bonchev–Trinajstić information content (AvgIpc) is 3.13. The van der Waals surface area contributed by atoms with Crippen molar-refractivity contribution in [3.8, 4) is 11.3 Å². The molecule has 0 saturated heterocycles. The van der Waals surface area contributed by atoms with Crippen molar-refractivity contribution >= 4 is 34.7 Å². The Morgan fingerprint density at radius 1 is 1.23 bits per heavy atom. The maximum Gasteiger partial charge on any atom is 0.319 e. The van der Waals surface area contributed by atoms with Crippen molar-refractivity contribution in [2.24, 2.45) is 0 Å². The van der Waals surface area contributed by atoms with Crippen LogP contribution in [-0.2, 0) is 18.4 Å². The molecule has 3 aromatic rings. The van der Waals surface area contributed by atoms with Crippen LogP contribution in [0, 0.1) is 0 Å². The summed E-state index contributed by atoms with van der Waals surface area (Å²) >= 11 is 7.76. The number of nitrogens with zero attached hydrogens (tertiary/aromatic N) is 2. The third-order valence-electron chi connectivity index (χ3n) is 4.30. The van der Waals surface area contributed by atoms with Crippen LogP contribution in [-0.4, -0.2) is 27.7 Å². The minimum atomic E-state index is -0.325. The van der Waals surface area contributed by atoms with Gasteiger partial charge in [-0.3, -0.25) is 4.98 Å². The smallest absolute Gasteiger partial charge is 0.319 e. The van der Waals surface area contributed by atoms with E-state index < -0.39 is 0 Å². The topological polar surface area (TPSA) is 87.1 Å². The molecule has 1 aromatic carbocycles. The van der Waals surface area contributed by atoms with Gasteiger partial charge >= 0.3 is 6.03 Å². The number of carbonyl (C=O) groups is 1. The second-order valence-corrected chi connectivity index (χ2v) is 9.39. The van der Waals surface area contributed by atoms with Gasteiger partial charge in [-0.2, -0.15) is 0 Å². The number of rotatable bonds is 6. The van der Waals surface area contributed by atoms with Crippen molar-refractivity contribution in [1.29, 1.82) is 0 Å². The van der Waals surface area contributed by atoms with Gasteiger partial charge in [-0.15, -0.1) is 11.3 Å². The number of thiazole rings is 1. The van der Waals surface area contributed by atoms with E-state index in [1.54, 1.807) is 29.7 Å². The van der Waals surface area contributed by atoms with Gasteiger partial charge in [0.15, 0.2) is 0 Å². The molecule has 0 saturated carbocycles. The van der Waals surface area contributed by atoms with E-state index in [0.29, 0.717) is 23.7 Å².